The molecule has 0 aliphatic heterocycles. The summed E-state index contributed by atoms with van der Waals surface area (Å²) in [5.41, 5.74) is 4.02. The van der Waals surface area contributed by atoms with Crippen molar-refractivity contribution in [3.8, 4) is 0 Å². The zero-order valence-electron chi connectivity index (χ0n) is 17.1. The first-order chi connectivity index (χ1) is 13.5. The Kier molecular flexibility index (Phi) is 8.69. The molecule has 0 radical (unpaired) electrons. The zero-order chi connectivity index (χ0) is 20.4. The van der Waals surface area contributed by atoms with Gasteiger partial charge < -0.3 is 10.6 Å². The first kappa shape index (κ1) is 21.6. The van der Waals surface area contributed by atoms with E-state index in [1.165, 1.54) is 5.56 Å². The predicted octanol–water partition coefficient (Wildman–Crippen LogP) is 3.27. The van der Waals surface area contributed by atoms with Crippen molar-refractivity contribution in [2.75, 3.05) is 19.6 Å². The number of hydrogen-bond acceptors (Lipinski definition) is 3. The van der Waals surface area contributed by atoms with Crippen LogP contribution in [0, 0.1) is 6.92 Å². The first-order valence-corrected chi connectivity index (χ1v) is 9.94. The van der Waals surface area contributed by atoms with Crippen molar-refractivity contribution in [2.24, 2.45) is 0 Å². The molecule has 0 spiro atoms. The van der Waals surface area contributed by atoms with Gasteiger partial charge in [-0.05, 0) is 43.3 Å². The lowest BCUT2D eigenvalue weighted by Crippen LogP contribution is -2.31. The van der Waals surface area contributed by atoms with Gasteiger partial charge in [0.2, 0.25) is 5.91 Å². The van der Waals surface area contributed by atoms with E-state index in [2.05, 4.69) is 41.5 Å². The summed E-state index contributed by atoms with van der Waals surface area (Å²) in [5, 5.41) is 5.76. The van der Waals surface area contributed by atoms with E-state index in [0.717, 1.165) is 30.8 Å². The summed E-state index contributed by atoms with van der Waals surface area (Å²) < 4.78 is 0. The van der Waals surface area contributed by atoms with Crippen molar-refractivity contribution in [1.29, 1.82) is 0 Å². The van der Waals surface area contributed by atoms with Gasteiger partial charge in [-0.3, -0.25) is 14.5 Å². The molecule has 2 rings (SSSR count). The summed E-state index contributed by atoms with van der Waals surface area (Å²) in [6.45, 7) is 9.95. The molecule has 0 aliphatic carbocycles. The maximum absolute atomic E-state index is 12.2. The van der Waals surface area contributed by atoms with Crippen molar-refractivity contribution in [3.63, 3.8) is 0 Å². The van der Waals surface area contributed by atoms with Crippen LogP contribution in [0.3, 0.4) is 0 Å². The van der Waals surface area contributed by atoms with E-state index in [4.69, 9.17) is 0 Å². The SMILES string of the molecule is CCN(CC)Cc1ccccc1CNC(=O)CCNC(=O)c1cccc(C)c1. The van der Waals surface area contributed by atoms with Crippen molar-refractivity contribution in [3.05, 3.63) is 70.8 Å². The summed E-state index contributed by atoms with van der Waals surface area (Å²) in [6.07, 6.45) is 0.260. The minimum Gasteiger partial charge on any atom is -0.352 e. The minimum atomic E-state index is -0.152. The Balaban J connectivity index is 1.79. The number of carbonyl (C=O) groups is 2. The number of nitrogens with one attached hydrogen (secondary N) is 2. The second kappa shape index (κ2) is 11.2. The Bertz CT molecular complexity index is 785. The number of carbonyl (C=O) groups excluding carboxylic acids is 2. The second-order valence-corrected chi connectivity index (χ2v) is 6.88. The van der Waals surface area contributed by atoms with Crippen LogP contribution in [0.15, 0.2) is 48.5 Å². The summed E-state index contributed by atoms with van der Waals surface area (Å²) in [4.78, 5) is 26.6. The molecular weight excluding hydrogens is 350 g/mol. The molecule has 0 heterocycles. The number of benzene rings is 2. The largest absolute Gasteiger partial charge is 0.352 e. The van der Waals surface area contributed by atoms with Gasteiger partial charge in [-0.25, -0.2) is 0 Å². The third-order valence-corrected chi connectivity index (χ3v) is 4.80. The van der Waals surface area contributed by atoms with Crippen LogP contribution in [-0.4, -0.2) is 36.3 Å². The second-order valence-electron chi connectivity index (χ2n) is 6.88. The fraction of sp³-hybridized carbons (Fsp3) is 0.391. The van der Waals surface area contributed by atoms with Crippen LogP contribution in [0.5, 0.6) is 0 Å². The molecule has 0 aromatic heterocycles. The van der Waals surface area contributed by atoms with Crippen molar-refractivity contribution in [1.82, 2.24) is 15.5 Å². The smallest absolute Gasteiger partial charge is 0.251 e. The van der Waals surface area contributed by atoms with Crippen molar-refractivity contribution in [2.45, 2.75) is 40.3 Å². The molecule has 2 amide bonds. The molecule has 28 heavy (non-hydrogen) atoms. The lowest BCUT2D eigenvalue weighted by Gasteiger charge is -2.20. The van der Waals surface area contributed by atoms with E-state index in [0.29, 0.717) is 18.7 Å². The fourth-order valence-corrected chi connectivity index (χ4v) is 3.03. The standard InChI is InChI=1S/C23H31N3O2/c1-4-26(5-2)17-21-11-7-6-10-20(21)16-25-22(27)13-14-24-23(28)19-12-8-9-18(3)15-19/h6-12,15H,4-5,13-14,16-17H2,1-3H3,(H,24,28)(H,25,27). The van der Waals surface area contributed by atoms with E-state index < -0.39 is 0 Å². The highest BCUT2D eigenvalue weighted by Crippen LogP contribution is 2.11. The van der Waals surface area contributed by atoms with E-state index in [-0.39, 0.29) is 18.2 Å². The van der Waals surface area contributed by atoms with E-state index in [1.54, 1.807) is 6.07 Å². The third kappa shape index (κ3) is 6.82. The molecule has 0 fully saturated rings. The van der Waals surface area contributed by atoms with Crippen LogP contribution in [-0.2, 0) is 17.9 Å². The molecule has 0 unspecified atom stereocenters. The summed E-state index contributed by atoms with van der Waals surface area (Å²) in [7, 11) is 0. The molecule has 0 bridgehead atoms. The van der Waals surface area contributed by atoms with Crippen LogP contribution in [0.4, 0.5) is 0 Å². The molecule has 5 nitrogen and oxygen atoms in total. The van der Waals surface area contributed by atoms with Gasteiger partial charge >= 0.3 is 0 Å². The van der Waals surface area contributed by atoms with Crippen LogP contribution < -0.4 is 10.6 Å². The lowest BCUT2D eigenvalue weighted by molar-refractivity contribution is -0.121. The van der Waals surface area contributed by atoms with Crippen molar-refractivity contribution < 1.29 is 9.59 Å². The summed E-state index contributed by atoms with van der Waals surface area (Å²) in [5.74, 6) is -0.219. The minimum absolute atomic E-state index is 0.0674. The topological polar surface area (TPSA) is 61.4 Å². The highest BCUT2D eigenvalue weighted by molar-refractivity contribution is 5.94. The molecule has 0 saturated heterocycles. The molecule has 2 N–H and O–H groups in total. The highest BCUT2D eigenvalue weighted by atomic mass is 16.2. The third-order valence-electron chi connectivity index (χ3n) is 4.80. The average Bonchev–Trinajstić information content (AvgIpc) is 2.71. The Morgan fingerprint density at radius 2 is 1.64 bits per heavy atom. The van der Waals surface area contributed by atoms with Crippen LogP contribution in [0.2, 0.25) is 0 Å². The van der Waals surface area contributed by atoms with Gasteiger partial charge in [0.25, 0.3) is 5.91 Å². The van der Waals surface area contributed by atoms with E-state index in [1.807, 2.05) is 37.3 Å². The molecular formula is C23H31N3O2. The maximum Gasteiger partial charge on any atom is 0.251 e. The Morgan fingerprint density at radius 1 is 0.929 bits per heavy atom. The molecule has 2 aromatic carbocycles. The van der Waals surface area contributed by atoms with Gasteiger partial charge in [-0.1, -0.05) is 55.8 Å². The van der Waals surface area contributed by atoms with Crippen LogP contribution in [0.1, 0.15) is 47.3 Å². The first-order valence-electron chi connectivity index (χ1n) is 9.94. The number of amides is 2. The Hall–Kier alpha value is -2.66. The predicted molar refractivity (Wildman–Crippen MR) is 113 cm³/mol. The van der Waals surface area contributed by atoms with Gasteiger partial charge in [-0.15, -0.1) is 0 Å². The summed E-state index contributed by atoms with van der Waals surface area (Å²) in [6, 6.07) is 15.6. The van der Waals surface area contributed by atoms with E-state index in [9.17, 15) is 9.59 Å². The number of aryl methyl sites for hydroxylation is 1. The fourth-order valence-electron chi connectivity index (χ4n) is 3.03. The van der Waals surface area contributed by atoms with Gasteiger partial charge in [0.05, 0.1) is 0 Å². The Labute approximate surface area is 168 Å². The van der Waals surface area contributed by atoms with Crippen molar-refractivity contribution >= 4 is 11.8 Å². The number of hydrogen-bond donors (Lipinski definition) is 2. The molecule has 150 valence electrons. The van der Waals surface area contributed by atoms with Gasteiger partial charge in [0.15, 0.2) is 0 Å². The van der Waals surface area contributed by atoms with Crippen LogP contribution in [0.25, 0.3) is 0 Å². The highest BCUT2D eigenvalue weighted by Gasteiger charge is 2.09. The maximum atomic E-state index is 12.2. The number of nitrogens with zero attached hydrogens (tertiary/aromatic N) is 1. The zero-order valence-corrected chi connectivity index (χ0v) is 17.1. The van der Waals surface area contributed by atoms with Crippen LogP contribution >= 0.6 is 0 Å². The monoisotopic (exact) mass is 381 g/mol. The molecule has 0 saturated carbocycles. The molecule has 5 heteroatoms. The summed E-state index contributed by atoms with van der Waals surface area (Å²) >= 11 is 0. The lowest BCUT2D eigenvalue weighted by atomic mass is 10.1. The Morgan fingerprint density at radius 3 is 2.32 bits per heavy atom. The van der Waals surface area contributed by atoms with E-state index >= 15 is 0 Å². The quantitative estimate of drug-likeness (QED) is 0.664. The number of rotatable bonds is 10. The van der Waals surface area contributed by atoms with Gasteiger partial charge in [-0.2, -0.15) is 0 Å². The normalized spacial score (nSPS) is 10.7. The molecule has 0 aliphatic rings. The molecule has 2 aromatic rings. The molecule has 0 atom stereocenters. The van der Waals surface area contributed by atoms with Gasteiger partial charge in [0, 0.05) is 31.6 Å². The average molecular weight is 382 g/mol. The van der Waals surface area contributed by atoms with Gasteiger partial charge in [0.1, 0.15) is 0 Å².